The lowest BCUT2D eigenvalue weighted by molar-refractivity contribution is -0.157. The molecule has 1 amide bonds. The summed E-state index contributed by atoms with van der Waals surface area (Å²) in [6, 6.07) is 2.23. The molecule has 0 saturated heterocycles. The Hall–Kier alpha value is -2.14. The van der Waals surface area contributed by atoms with Crippen LogP contribution in [0.4, 0.5) is 13.2 Å². The SMILES string of the molecule is CN(C)S(=O)(=O)c1ccc(C(=O)NC(CC(F)(F)F)C(=O)O)cc1. The molecule has 134 valence electrons. The molecule has 1 atom stereocenters. The quantitative estimate of drug-likeness (QED) is 0.782. The minimum absolute atomic E-state index is 0.117. The van der Waals surface area contributed by atoms with E-state index in [1.807, 2.05) is 0 Å². The normalized spacial score (nSPS) is 13.6. The van der Waals surface area contributed by atoms with Gasteiger partial charge in [-0.2, -0.15) is 13.2 Å². The summed E-state index contributed by atoms with van der Waals surface area (Å²) in [7, 11) is -1.10. The lowest BCUT2D eigenvalue weighted by Gasteiger charge is -2.16. The summed E-state index contributed by atoms with van der Waals surface area (Å²) >= 11 is 0. The predicted octanol–water partition coefficient (Wildman–Crippen LogP) is 1.07. The predicted molar refractivity (Wildman–Crippen MR) is 76.9 cm³/mol. The van der Waals surface area contributed by atoms with Crippen molar-refractivity contribution in [3.05, 3.63) is 29.8 Å². The second-order valence-corrected chi connectivity index (χ2v) is 7.15. The van der Waals surface area contributed by atoms with Crippen LogP contribution in [0.1, 0.15) is 16.8 Å². The van der Waals surface area contributed by atoms with Crippen molar-refractivity contribution in [2.45, 2.75) is 23.5 Å². The molecule has 1 aromatic carbocycles. The molecule has 0 spiro atoms. The van der Waals surface area contributed by atoms with Gasteiger partial charge in [0.05, 0.1) is 11.3 Å². The molecule has 0 saturated carbocycles. The summed E-state index contributed by atoms with van der Waals surface area (Å²) in [6.07, 6.45) is -6.48. The van der Waals surface area contributed by atoms with Gasteiger partial charge in [0.2, 0.25) is 10.0 Å². The molecule has 1 unspecified atom stereocenters. The summed E-state index contributed by atoms with van der Waals surface area (Å²) in [5, 5.41) is 10.5. The van der Waals surface area contributed by atoms with Crippen LogP contribution in [-0.2, 0) is 14.8 Å². The van der Waals surface area contributed by atoms with Crippen LogP contribution in [0, 0.1) is 0 Å². The van der Waals surface area contributed by atoms with E-state index >= 15 is 0 Å². The highest BCUT2D eigenvalue weighted by Gasteiger charge is 2.36. The molecule has 0 aliphatic rings. The van der Waals surface area contributed by atoms with Crippen molar-refractivity contribution in [1.29, 1.82) is 0 Å². The maximum Gasteiger partial charge on any atom is 0.391 e. The number of carbonyl (C=O) groups is 2. The van der Waals surface area contributed by atoms with Crippen LogP contribution < -0.4 is 5.32 Å². The fourth-order valence-electron chi connectivity index (χ4n) is 1.66. The van der Waals surface area contributed by atoms with Gasteiger partial charge in [-0.25, -0.2) is 17.5 Å². The molecular formula is C13H15F3N2O5S. The largest absolute Gasteiger partial charge is 0.480 e. The van der Waals surface area contributed by atoms with E-state index in [2.05, 4.69) is 0 Å². The summed E-state index contributed by atoms with van der Waals surface area (Å²) in [6.45, 7) is 0. The highest BCUT2D eigenvalue weighted by molar-refractivity contribution is 7.89. The first-order chi connectivity index (χ1) is 10.8. The molecule has 0 aliphatic heterocycles. The number of nitrogens with one attached hydrogen (secondary N) is 1. The summed E-state index contributed by atoms with van der Waals surface area (Å²) in [5.74, 6) is -2.88. The number of halogens is 3. The fraction of sp³-hybridized carbons (Fsp3) is 0.385. The number of hydrogen-bond donors (Lipinski definition) is 2. The number of rotatable bonds is 6. The number of amides is 1. The first kappa shape index (κ1) is 19.9. The molecule has 7 nitrogen and oxygen atoms in total. The molecule has 0 aromatic heterocycles. The van der Waals surface area contributed by atoms with Gasteiger partial charge in [-0.3, -0.25) is 4.79 Å². The van der Waals surface area contributed by atoms with Crippen molar-refractivity contribution < 1.29 is 36.3 Å². The number of nitrogens with zero attached hydrogens (tertiary/aromatic N) is 1. The molecule has 2 N–H and O–H groups in total. The Morgan fingerprint density at radius 1 is 1.21 bits per heavy atom. The van der Waals surface area contributed by atoms with Crippen molar-refractivity contribution in [1.82, 2.24) is 9.62 Å². The van der Waals surface area contributed by atoms with Crippen LogP contribution in [0.15, 0.2) is 29.2 Å². The van der Waals surface area contributed by atoms with Crippen molar-refractivity contribution in [2.24, 2.45) is 0 Å². The lowest BCUT2D eigenvalue weighted by atomic mass is 10.1. The Kier molecular flexibility index (Phi) is 5.95. The zero-order valence-corrected chi connectivity index (χ0v) is 13.5. The Bertz CT molecular complexity index is 714. The number of alkyl halides is 3. The molecule has 11 heteroatoms. The third kappa shape index (κ3) is 5.20. The average Bonchev–Trinajstić information content (AvgIpc) is 2.44. The van der Waals surface area contributed by atoms with Gasteiger partial charge >= 0.3 is 12.1 Å². The summed E-state index contributed by atoms with van der Waals surface area (Å²) in [4.78, 5) is 22.5. The topological polar surface area (TPSA) is 104 Å². The van der Waals surface area contributed by atoms with Gasteiger partial charge in [-0.05, 0) is 24.3 Å². The minimum Gasteiger partial charge on any atom is -0.480 e. The smallest absolute Gasteiger partial charge is 0.391 e. The summed E-state index contributed by atoms with van der Waals surface area (Å²) in [5.41, 5.74) is -0.166. The third-order valence-electron chi connectivity index (χ3n) is 2.93. The number of carboxylic acids is 1. The molecule has 0 fully saturated rings. The summed E-state index contributed by atoms with van der Waals surface area (Å²) < 4.78 is 61.5. The van der Waals surface area contributed by atoms with E-state index in [-0.39, 0.29) is 10.5 Å². The van der Waals surface area contributed by atoms with E-state index in [9.17, 15) is 31.2 Å². The van der Waals surface area contributed by atoms with Crippen molar-refractivity contribution >= 4 is 21.9 Å². The lowest BCUT2D eigenvalue weighted by Crippen LogP contribution is -2.43. The van der Waals surface area contributed by atoms with Crippen molar-refractivity contribution in [2.75, 3.05) is 14.1 Å². The Labute approximate surface area is 136 Å². The molecule has 1 aromatic rings. The number of sulfonamides is 1. The van der Waals surface area contributed by atoms with Gasteiger partial charge in [0.25, 0.3) is 5.91 Å². The van der Waals surface area contributed by atoms with Crippen LogP contribution in [0.2, 0.25) is 0 Å². The van der Waals surface area contributed by atoms with Crippen molar-refractivity contribution in [3.63, 3.8) is 0 Å². The van der Waals surface area contributed by atoms with E-state index in [1.165, 1.54) is 14.1 Å². The monoisotopic (exact) mass is 368 g/mol. The minimum atomic E-state index is -4.76. The highest BCUT2D eigenvalue weighted by atomic mass is 32.2. The second-order valence-electron chi connectivity index (χ2n) is 5.00. The van der Waals surface area contributed by atoms with E-state index < -0.39 is 40.5 Å². The maximum absolute atomic E-state index is 12.3. The first-order valence-electron chi connectivity index (χ1n) is 6.47. The number of benzene rings is 1. The Balaban J connectivity index is 2.94. The van der Waals surface area contributed by atoms with Crippen LogP contribution in [-0.4, -0.2) is 56.0 Å². The molecule has 0 radical (unpaired) electrons. The zero-order chi connectivity index (χ0) is 18.7. The van der Waals surface area contributed by atoms with E-state index in [1.54, 1.807) is 5.32 Å². The molecular weight excluding hydrogens is 353 g/mol. The van der Waals surface area contributed by atoms with Crippen LogP contribution in [0.25, 0.3) is 0 Å². The van der Waals surface area contributed by atoms with Crippen molar-refractivity contribution in [3.8, 4) is 0 Å². The van der Waals surface area contributed by atoms with E-state index in [0.717, 1.165) is 28.6 Å². The fourth-order valence-corrected chi connectivity index (χ4v) is 2.56. The zero-order valence-electron chi connectivity index (χ0n) is 12.7. The highest BCUT2D eigenvalue weighted by Crippen LogP contribution is 2.22. The third-order valence-corrected chi connectivity index (χ3v) is 4.76. The van der Waals surface area contributed by atoms with Crippen LogP contribution in [0.3, 0.4) is 0 Å². The molecule has 0 bridgehead atoms. The van der Waals surface area contributed by atoms with Crippen LogP contribution in [0.5, 0.6) is 0 Å². The standard InChI is InChI=1S/C13H15F3N2O5S/c1-18(2)24(22,23)9-5-3-8(4-6-9)11(19)17-10(12(20)21)7-13(14,15)16/h3-6,10H,7H2,1-2H3,(H,17,19)(H,20,21). The van der Waals surface area contributed by atoms with E-state index in [0.29, 0.717) is 0 Å². The first-order valence-corrected chi connectivity index (χ1v) is 7.91. The van der Waals surface area contributed by atoms with E-state index in [4.69, 9.17) is 5.11 Å². The van der Waals surface area contributed by atoms with Gasteiger partial charge < -0.3 is 10.4 Å². The van der Waals surface area contributed by atoms with Gasteiger partial charge in [-0.15, -0.1) is 0 Å². The Morgan fingerprint density at radius 2 is 1.71 bits per heavy atom. The molecule has 1 rings (SSSR count). The number of hydrogen-bond acceptors (Lipinski definition) is 4. The van der Waals surface area contributed by atoms with Crippen LogP contribution >= 0.6 is 0 Å². The Morgan fingerprint density at radius 3 is 2.08 bits per heavy atom. The van der Waals surface area contributed by atoms with Gasteiger partial charge in [0.15, 0.2) is 0 Å². The average molecular weight is 368 g/mol. The molecule has 0 heterocycles. The van der Waals surface area contributed by atoms with Gasteiger partial charge in [0, 0.05) is 19.7 Å². The molecule has 0 aliphatic carbocycles. The number of carbonyl (C=O) groups excluding carboxylic acids is 1. The van der Waals surface area contributed by atoms with Gasteiger partial charge in [-0.1, -0.05) is 0 Å². The van der Waals surface area contributed by atoms with Gasteiger partial charge in [0.1, 0.15) is 6.04 Å². The molecule has 24 heavy (non-hydrogen) atoms. The number of carboxylic acid groups (broad SMARTS) is 1. The second kappa shape index (κ2) is 7.18. The maximum atomic E-state index is 12.3. The number of aliphatic carboxylic acids is 1.